The summed E-state index contributed by atoms with van der Waals surface area (Å²) in [6, 6.07) is 6.44. The molecule has 0 aliphatic heterocycles. The highest BCUT2D eigenvalue weighted by Crippen LogP contribution is 2.12. The molecule has 0 aliphatic carbocycles. The highest BCUT2D eigenvalue weighted by molar-refractivity contribution is 5.78. The Labute approximate surface area is 81.7 Å². The molecule has 0 unspecified atom stereocenters. The molecule has 4 heteroatoms. The van der Waals surface area contributed by atoms with E-state index < -0.39 is 12.0 Å². The molecule has 1 aromatic carbocycles. The van der Waals surface area contributed by atoms with Crippen LogP contribution in [0.25, 0.3) is 0 Å². The van der Waals surface area contributed by atoms with E-state index in [4.69, 9.17) is 10.5 Å². The normalized spacial score (nSPS) is 11.8. The quantitative estimate of drug-likeness (QED) is 0.717. The second-order valence-electron chi connectivity index (χ2n) is 2.85. The molecule has 1 atom stereocenters. The average molecular weight is 193 g/mol. The Kier molecular flexibility index (Phi) is 3.23. The summed E-state index contributed by atoms with van der Waals surface area (Å²) >= 11 is 0. The number of carbonyl (C=O) groups is 2. The van der Waals surface area contributed by atoms with Gasteiger partial charge in [0.25, 0.3) is 5.91 Å². The van der Waals surface area contributed by atoms with Gasteiger partial charge in [-0.1, -0.05) is 0 Å². The fourth-order valence-electron chi connectivity index (χ4n) is 0.887. The van der Waals surface area contributed by atoms with Crippen LogP contribution in [0.4, 0.5) is 0 Å². The maximum atomic E-state index is 10.7. The smallest absolute Gasteiger partial charge is 0.258 e. The van der Waals surface area contributed by atoms with Crippen molar-refractivity contribution in [2.75, 3.05) is 0 Å². The van der Waals surface area contributed by atoms with Crippen LogP contribution in [0.15, 0.2) is 24.3 Å². The molecule has 0 bridgehead atoms. The van der Waals surface area contributed by atoms with Crippen molar-refractivity contribution in [1.29, 1.82) is 0 Å². The zero-order valence-corrected chi connectivity index (χ0v) is 7.77. The number of ether oxygens (including phenoxy) is 1. The van der Waals surface area contributed by atoms with Crippen LogP contribution in [0, 0.1) is 0 Å². The topological polar surface area (TPSA) is 69.4 Å². The molecule has 0 saturated carbocycles. The van der Waals surface area contributed by atoms with Crippen molar-refractivity contribution >= 4 is 12.2 Å². The maximum Gasteiger partial charge on any atom is 0.258 e. The molecular formula is C10H11NO3. The summed E-state index contributed by atoms with van der Waals surface area (Å²) in [4.78, 5) is 21.0. The number of hydrogen-bond acceptors (Lipinski definition) is 3. The van der Waals surface area contributed by atoms with Crippen molar-refractivity contribution in [3.8, 4) is 5.75 Å². The molecule has 0 aliphatic rings. The van der Waals surface area contributed by atoms with E-state index in [0.29, 0.717) is 11.3 Å². The average Bonchev–Trinajstić information content (AvgIpc) is 2.19. The fourth-order valence-corrected chi connectivity index (χ4v) is 0.887. The highest BCUT2D eigenvalue weighted by Gasteiger charge is 2.09. The van der Waals surface area contributed by atoms with Crippen LogP contribution < -0.4 is 10.5 Å². The van der Waals surface area contributed by atoms with Crippen LogP contribution >= 0.6 is 0 Å². The van der Waals surface area contributed by atoms with Crippen LogP contribution in [0.2, 0.25) is 0 Å². The minimum atomic E-state index is -0.669. The third-order valence-corrected chi connectivity index (χ3v) is 1.73. The molecular weight excluding hydrogens is 182 g/mol. The zero-order chi connectivity index (χ0) is 10.6. The van der Waals surface area contributed by atoms with Crippen molar-refractivity contribution in [2.24, 2.45) is 5.73 Å². The summed E-state index contributed by atoms with van der Waals surface area (Å²) in [6.07, 6.45) is 0.0680. The Morgan fingerprint density at radius 1 is 1.43 bits per heavy atom. The largest absolute Gasteiger partial charge is 0.481 e. The third kappa shape index (κ3) is 2.58. The first-order valence-electron chi connectivity index (χ1n) is 4.14. The molecule has 74 valence electrons. The van der Waals surface area contributed by atoms with Crippen LogP contribution in [0.5, 0.6) is 5.75 Å². The van der Waals surface area contributed by atoms with Crippen LogP contribution in [0.1, 0.15) is 17.3 Å². The number of carbonyl (C=O) groups excluding carboxylic acids is 2. The first-order valence-corrected chi connectivity index (χ1v) is 4.14. The molecule has 0 radical (unpaired) electrons. The van der Waals surface area contributed by atoms with E-state index in [2.05, 4.69) is 0 Å². The number of primary amides is 1. The van der Waals surface area contributed by atoms with Gasteiger partial charge in [-0.2, -0.15) is 0 Å². The summed E-state index contributed by atoms with van der Waals surface area (Å²) in [5.74, 6) is -0.00800. The number of aldehydes is 1. The molecule has 0 aromatic heterocycles. The zero-order valence-electron chi connectivity index (χ0n) is 7.77. The number of nitrogens with two attached hydrogens (primary N) is 1. The standard InChI is InChI=1S/C10H11NO3/c1-7(10(11)13)14-9-4-2-8(6-12)3-5-9/h2-7H,1H3,(H2,11,13)/t7-/m1/s1. The van der Waals surface area contributed by atoms with Gasteiger partial charge in [0.05, 0.1) is 0 Å². The van der Waals surface area contributed by atoms with E-state index in [1.165, 1.54) is 0 Å². The molecule has 0 spiro atoms. The summed E-state index contributed by atoms with van der Waals surface area (Å²) in [5, 5.41) is 0. The summed E-state index contributed by atoms with van der Waals surface area (Å²) in [5.41, 5.74) is 5.58. The predicted molar refractivity (Wildman–Crippen MR) is 51.1 cm³/mol. The molecule has 0 saturated heterocycles. The van der Waals surface area contributed by atoms with E-state index in [-0.39, 0.29) is 0 Å². The first-order chi connectivity index (χ1) is 6.63. The Morgan fingerprint density at radius 3 is 2.43 bits per heavy atom. The molecule has 4 nitrogen and oxygen atoms in total. The molecule has 1 aromatic rings. The van der Waals surface area contributed by atoms with Gasteiger partial charge in [-0.25, -0.2) is 0 Å². The molecule has 2 N–H and O–H groups in total. The van der Waals surface area contributed by atoms with Crippen LogP contribution in [0.3, 0.4) is 0 Å². The minimum Gasteiger partial charge on any atom is -0.481 e. The Bertz CT molecular complexity index is 332. The monoisotopic (exact) mass is 193 g/mol. The van der Waals surface area contributed by atoms with Crippen molar-refractivity contribution in [2.45, 2.75) is 13.0 Å². The predicted octanol–water partition coefficient (Wildman–Crippen LogP) is 0.752. The van der Waals surface area contributed by atoms with Crippen molar-refractivity contribution < 1.29 is 14.3 Å². The maximum absolute atomic E-state index is 10.7. The van der Waals surface area contributed by atoms with Gasteiger partial charge in [0.15, 0.2) is 6.10 Å². The molecule has 0 fully saturated rings. The second kappa shape index (κ2) is 4.41. The lowest BCUT2D eigenvalue weighted by Gasteiger charge is -2.10. The van der Waals surface area contributed by atoms with Gasteiger partial charge in [-0.3, -0.25) is 9.59 Å². The van der Waals surface area contributed by atoms with Gasteiger partial charge in [0.1, 0.15) is 12.0 Å². The summed E-state index contributed by atoms with van der Waals surface area (Å²) in [6.45, 7) is 1.57. The van der Waals surface area contributed by atoms with E-state index in [1.807, 2.05) is 0 Å². The highest BCUT2D eigenvalue weighted by atomic mass is 16.5. The fraction of sp³-hybridized carbons (Fsp3) is 0.200. The molecule has 1 rings (SSSR count). The van der Waals surface area contributed by atoms with E-state index >= 15 is 0 Å². The molecule has 14 heavy (non-hydrogen) atoms. The van der Waals surface area contributed by atoms with E-state index in [9.17, 15) is 9.59 Å². The molecule has 0 heterocycles. The van der Waals surface area contributed by atoms with E-state index in [0.717, 1.165) is 6.29 Å². The number of amides is 1. The summed E-state index contributed by atoms with van der Waals surface area (Å²) < 4.78 is 5.18. The Hall–Kier alpha value is -1.84. The van der Waals surface area contributed by atoms with Crippen molar-refractivity contribution in [3.63, 3.8) is 0 Å². The van der Waals surface area contributed by atoms with Crippen LogP contribution in [-0.2, 0) is 4.79 Å². The third-order valence-electron chi connectivity index (χ3n) is 1.73. The van der Waals surface area contributed by atoms with Crippen molar-refractivity contribution in [1.82, 2.24) is 0 Å². The van der Waals surface area contributed by atoms with Gasteiger partial charge < -0.3 is 10.5 Å². The van der Waals surface area contributed by atoms with Crippen molar-refractivity contribution in [3.05, 3.63) is 29.8 Å². The van der Waals surface area contributed by atoms with Gasteiger partial charge in [0, 0.05) is 5.56 Å². The minimum absolute atomic E-state index is 0.516. The lowest BCUT2D eigenvalue weighted by Crippen LogP contribution is -2.30. The van der Waals surface area contributed by atoms with Gasteiger partial charge in [0.2, 0.25) is 0 Å². The Morgan fingerprint density at radius 2 is 2.00 bits per heavy atom. The van der Waals surface area contributed by atoms with Gasteiger partial charge in [-0.05, 0) is 31.2 Å². The number of rotatable bonds is 4. The SMILES string of the molecule is C[C@@H](Oc1ccc(C=O)cc1)C(N)=O. The van der Waals surface area contributed by atoms with E-state index in [1.54, 1.807) is 31.2 Å². The van der Waals surface area contributed by atoms with Gasteiger partial charge in [-0.15, -0.1) is 0 Å². The summed E-state index contributed by atoms with van der Waals surface area (Å²) in [7, 11) is 0. The lowest BCUT2D eigenvalue weighted by molar-refractivity contribution is -0.123. The van der Waals surface area contributed by atoms with Gasteiger partial charge >= 0.3 is 0 Å². The number of hydrogen-bond donors (Lipinski definition) is 1. The van der Waals surface area contributed by atoms with Crippen LogP contribution in [-0.4, -0.2) is 18.3 Å². The lowest BCUT2D eigenvalue weighted by atomic mass is 10.2. The molecule has 1 amide bonds. The Balaban J connectivity index is 2.68. The first kappa shape index (κ1) is 10.2. The number of benzene rings is 1. The second-order valence-corrected chi connectivity index (χ2v) is 2.85.